The van der Waals surface area contributed by atoms with E-state index >= 15 is 0 Å². The van der Waals surface area contributed by atoms with Crippen molar-refractivity contribution < 1.29 is 19.0 Å². The summed E-state index contributed by atoms with van der Waals surface area (Å²) in [7, 11) is 0. The van der Waals surface area contributed by atoms with Gasteiger partial charge in [-0.2, -0.15) is 0 Å². The number of hydrogen-bond acceptors (Lipinski definition) is 4. The number of ether oxygens (including phenoxy) is 3. The standard InChI is InChI=1S/C13H22O4/c1-6-12(14)16-10(4)11-8-15-13(5,17-11)7-9(2)3/h6,9-11H,1,7-8H2,2-5H3. The molecule has 0 aromatic carbocycles. The fraction of sp³-hybridized carbons (Fsp3) is 0.769. The van der Waals surface area contributed by atoms with Crippen molar-refractivity contribution in [3.63, 3.8) is 0 Å². The van der Waals surface area contributed by atoms with E-state index in [1.54, 1.807) is 6.92 Å². The van der Waals surface area contributed by atoms with E-state index in [0.29, 0.717) is 12.5 Å². The van der Waals surface area contributed by atoms with Gasteiger partial charge in [-0.15, -0.1) is 0 Å². The van der Waals surface area contributed by atoms with E-state index in [2.05, 4.69) is 20.4 Å². The molecule has 1 rings (SSSR count). The Kier molecular flexibility index (Phi) is 4.71. The van der Waals surface area contributed by atoms with Gasteiger partial charge in [0.2, 0.25) is 0 Å². The second-order valence-corrected chi connectivity index (χ2v) is 5.05. The molecule has 4 heteroatoms. The molecule has 0 amide bonds. The van der Waals surface area contributed by atoms with Crippen molar-refractivity contribution in [3.8, 4) is 0 Å². The minimum absolute atomic E-state index is 0.206. The number of carbonyl (C=O) groups is 1. The molecule has 17 heavy (non-hydrogen) atoms. The molecule has 0 aliphatic carbocycles. The summed E-state index contributed by atoms with van der Waals surface area (Å²) in [6.07, 6.45) is 1.45. The van der Waals surface area contributed by atoms with Crippen molar-refractivity contribution >= 4 is 5.97 Å². The van der Waals surface area contributed by atoms with E-state index in [9.17, 15) is 4.79 Å². The van der Waals surface area contributed by atoms with Crippen molar-refractivity contribution in [1.82, 2.24) is 0 Å². The first-order valence-electron chi connectivity index (χ1n) is 6.01. The van der Waals surface area contributed by atoms with Crippen molar-refractivity contribution in [3.05, 3.63) is 12.7 Å². The average molecular weight is 242 g/mol. The zero-order valence-electron chi connectivity index (χ0n) is 11.1. The van der Waals surface area contributed by atoms with E-state index in [1.165, 1.54) is 0 Å². The predicted molar refractivity (Wildman–Crippen MR) is 64.4 cm³/mol. The Morgan fingerprint density at radius 2 is 2.24 bits per heavy atom. The molecule has 0 radical (unpaired) electrons. The van der Waals surface area contributed by atoms with Gasteiger partial charge in [0.25, 0.3) is 0 Å². The quantitative estimate of drug-likeness (QED) is 0.548. The van der Waals surface area contributed by atoms with Crippen LogP contribution in [0.5, 0.6) is 0 Å². The van der Waals surface area contributed by atoms with Crippen LogP contribution in [-0.2, 0) is 19.0 Å². The van der Waals surface area contributed by atoms with Crippen molar-refractivity contribution in [2.75, 3.05) is 6.61 Å². The van der Waals surface area contributed by atoms with Gasteiger partial charge < -0.3 is 14.2 Å². The highest BCUT2D eigenvalue weighted by molar-refractivity contribution is 5.81. The van der Waals surface area contributed by atoms with Crippen LogP contribution in [0.15, 0.2) is 12.7 Å². The summed E-state index contributed by atoms with van der Waals surface area (Å²) < 4.78 is 16.6. The lowest BCUT2D eigenvalue weighted by atomic mass is 10.0. The number of esters is 1. The van der Waals surface area contributed by atoms with Gasteiger partial charge in [-0.1, -0.05) is 20.4 Å². The van der Waals surface area contributed by atoms with E-state index < -0.39 is 11.8 Å². The van der Waals surface area contributed by atoms with Crippen LogP contribution in [-0.4, -0.2) is 30.6 Å². The SMILES string of the molecule is C=CC(=O)OC(C)C1COC(C)(CC(C)C)O1. The van der Waals surface area contributed by atoms with E-state index in [1.807, 2.05) is 6.92 Å². The molecule has 0 aromatic rings. The van der Waals surface area contributed by atoms with E-state index in [4.69, 9.17) is 14.2 Å². The van der Waals surface area contributed by atoms with Gasteiger partial charge in [0.1, 0.15) is 12.2 Å². The number of rotatable bonds is 5. The van der Waals surface area contributed by atoms with Gasteiger partial charge in [-0.25, -0.2) is 4.79 Å². The summed E-state index contributed by atoms with van der Waals surface area (Å²) in [4.78, 5) is 11.1. The lowest BCUT2D eigenvalue weighted by Gasteiger charge is -2.26. The second-order valence-electron chi connectivity index (χ2n) is 5.05. The molecule has 0 aromatic heterocycles. The third-order valence-corrected chi connectivity index (χ3v) is 2.72. The molecule has 1 fully saturated rings. The minimum atomic E-state index is -0.562. The molecule has 1 aliphatic rings. The van der Waals surface area contributed by atoms with E-state index in [0.717, 1.165) is 12.5 Å². The molecular formula is C13H22O4. The highest BCUT2D eigenvalue weighted by Gasteiger charge is 2.40. The first-order valence-corrected chi connectivity index (χ1v) is 6.01. The van der Waals surface area contributed by atoms with Crippen LogP contribution in [0.25, 0.3) is 0 Å². The smallest absolute Gasteiger partial charge is 0.330 e. The molecule has 0 saturated carbocycles. The average Bonchev–Trinajstić information content (AvgIpc) is 2.59. The van der Waals surface area contributed by atoms with Gasteiger partial charge in [-0.05, 0) is 19.8 Å². The van der Waals surface area contributed by atoms with Crippen LogP contribution >= 0.6 is 0 Å². The molecule has 0 N–H and O–H groups in total. The Hall–Kier alpha value is -0.870. The Labute approximate surface area is 103 Å². The summed E-state index contributed by atoms with van der Waals surface area (Å²) in [5.74, 6) is -0.503. The molecule has 3 unspecified atom stereocenters. The highest BCUT2D eigenvalue weighted by Crippen LogP contribution is 2.31. The molecule has 1 aliphatic heterocycles. The fourth-order valence-corrected chi connectivity index (χ4v) is 2.03. The second kappa shape index (κ2) is 5.65. The summed E-state index contributed by atoms with van der Waals surface area (Å²) >= 11 is 0. The van der Waals surface area contributed by atoms with E-state index in [-0.39, 0.29) is 12.2 Å². The molecule has 0 spiro atoms. The normalized spacial score (nSPS) is 30.3. The Balaban J connectivity index is 2.49. The predicted octanol–water partition coefficient (Wildman–Crippen LogP) is 2.28. The third-order valence-electron chi connectivity index (χ3n) is 2.72. The number of carbonyl (C=O) groups excluding carboxylic acids is 1. The molecule has 3 atom stereocenters. The first-order chi connectivity index (χ1) is 7.86. The van der Waals surface area contributed by atoms with Gasteiger partial charge in [0.15, 0.2) is 5.79 Å². The zero-order valence-corrected chi connectivity index (χ0v) is 11.1. The monoisotopic (exact) mass is 242 g/mol. The molecule has 98 valence electrons. The summed E-state index contributed by atoms with van der Waals surface area (Å²) in [5.41, 5.74) is 0. The fourth-order valence-electron chi connectivity index (χ4n) is 2.03. The van der Waals surface area contributed by atoms with Gasteiger partial charge >= 0.3 is 5.97 Å². The zero-order chi connectivity index (χ0) is 13.1. The van der Waals surface area contributed by atoms with Gasteiger partial charge in [0, 0.05) is 12.5 Å². The summed E-state index contributed by atoms with van der Waals surface area (Å²) in [6.45, 7) is 11.8. The van der Waals surface area contributed by atoms with Crippen LogP contribution in [0.4, 0.5) is 0 Å². The largest absolute Gasteiger partial charge is 0.457 e. The third kappa shape index (κ3) is 4.13. The molecule has 1 saturated heterocycles. The topological polar surface area (TPSA) is 44.8 Å². The maximum atomic E-state index is 11.1. The molecule has 4 nitrogen and oxygen atoms in total. The highest BCUT2D eigenvalue weighted by atomic mass is 16.8. The van der Waals surface area contributed by atoms with Crippen molar-refractivity contribution in [2.45, 2.75) is 52.1 Å². The van der Waals surface area contributed by atoms with Crippen LogP contribution < -0.4 is 0 Å². The molecule has 0 bridgehead atoms. The Morgan fingerprint density at radius 1 is 1.59 bits per heavy atom. The Morgan fingerprint density at radius 3 is 2.76 bits per heavy atom. The van der Waals surface area contributed by atoms with Crippen LogP contribution in [0, 0.1) is 5.92 Å². The lowest BCUT2D eigenvalue weighted by Crippen LogP contribution is -2.34. The van der Waals surface area contributed by atoms with Crippen LogP contribution in [0.1, 0.15) is 34.1 Å². The summed E-state index contributed by atoms with van der Waals surface area (Å²) in [6, 6.07) is 0. The summed E-state index contributed by atoms with van der Waals surface area (Å²) in [5, 5.41) is 0. The van der Waals surface area contributed by atoms with Crippen LogP contribution in [0.2, 0.25) is 0 Å². The molecule has 1 heterocycles. The van der Waals surface area contributed by atoms with Crippen molar-refractivity contribution in [2.24, 2.45) is 5.92 Å². The first kappa shape index (κ1) is 14.2. The maximum Gasteiger partial charge on any atom is 0.330 e. The molecular weight excluding hydrogens is 220 g/mol. The lowest BCUT2D eigenvalue weighted by molar-refractivity contribution is -0.180. The Bertz CT molecular complexity index is 287. The van der Waals surface area contributed by atoms with Gasteiger partial charge in [0.05, 0.1) is 6.61 Å². The van der Waals surface area contributed by atoms with Gasteiger partial charge in [-0.3, -0.25) is 0 Å². The maximum absolute atomic E-state index is 11.1. The van der Waals surface area contributed by atoms with Crippen LogP contribution in [0.3, 0.4) is 0 Å². The number of hydrogen-bond donors (Lipinski definition) is 0. The van der Waals surface area contributed by atoms with Crippen molar-refractivity contribution in [1.29, 1.82) is 0 Å². The minimum Gasteiger partial charge on any atom is -0.457 e.